The van der Waals surface area contributed by atoms with Crippen molar-refractivity contribution in [3.63, 3.8) is 0 Å². The van der Waals surface area contributed by atoms with Gasteiger partial charge >= 0.3 is 6.18 Å². The Kier molecular flexibility index (Phi) is 8.36. The zero-order valence-corrected chi connectivity index (χ0v) is 16.9. The van der Waals surface area contributed by atoms with Crippen molar-refractivity contribution < 1.29 is 17.9 Å². The third-order valence-electron chi connectivity index (χ3n) is 5.09. The maximum absolute atomic E-state index is 13.0. The van der Waals surface area contributed by atoms with Gasteiger partial charge < -0.3 is 9.64 Å². The minimum Gasteiger partial charge on any atom is -0.494 e. The van der Waals surface area contributed by atoms with Crippen LogP contribution in [0.2, 0.25) is 0 Å². The van der Waals surface area contributed by atoms with Gasteiger partial charge in [-0.05, 0) is 55.3 Å². The van der Waals surface area contributed by atoms with Crippen molar-refractivity contribution in [1.29, 1.82) is 0 Å². The van der Waals surface area contributed by atoms with Crippen molar-refractivity contribution in [2.45, 2.75) is 45.7 Å². The molecule has 0 aliphatic heterocycles. The lowest BCUT2D eigenvalue weighted by Crippen LogP contribution is -2.25. The number of alkyl halides is 3. The second-order valence-electron chi connectivity index (χ2n) is 6.88. The van der Waals surface area contributed by atoms with Crippen LogP contribution < -0.4 is 4.74 Å². The van der Waals surface area contributed by atoms with Crippen LogP contribution in [-0.4, -0.2) is 31.1 Å². The summed E-state index contributed by atoms with van der Waals surface area (Å²) in [5.74, 6) is 0.723. The molecule has 2 aromatic carbocycles. The van der Waals surface area contributed by atoms with Gasteiger partial charge in [-0.15, -0.1) is 0 Å². The number of rotatable bonds is 10. The number of ether oxygens (including phenoxy) is 1. The van der Waals surface area contributed by atoms with Gasteiger partial charge in [0, 0.05) is 12.5 Å². The molecule has 0 aromatic heterocycles. The predicted molar refractivity (Wildman–Crippen MR) is 108 cm³/mol. The Morgan fingerprint density at radius 3 is 2.18 bits per heavy atom. The Labute approximate surface area is 166 Å². The van der Waals surface area contributed by atoms with Gasteiger partial charge in [-0.1, -0.05) is 51.1 Å². The van der Waals surface area contributed by atoms with Gasteiger partial charge in [-0.25, -0.2) is 0 Å². The molecular weight excluding hydrogens is 363 g/mol. The van der Waals surface area contributed by atoms with Crippen LogP contribution in [0.1, 0.15) is 56.2 Å². The highest BCUT2D eigenvalue weighted by molar-refractivity contribution is 5.38. The van der Waals surface area contributed by atoms with Crippen LogP contribution in [0, 0.1) is 0 Å². The van der Waals surface area contributed by atoms with Crippen molar-refractivity contribution in [3.05, 3.63) is 65.2 Å². The molecule has 0 bridgehead atoms. The topological polar surface area (TPSA) is 12.5 Å². The van der Waals surface area contributed by atoms with Crippen molar-refractivity contribution in [1.82, 2.24) is 4.90 Å². The van der Waals surface area contributed by atoms with Crippen molar-refractivity contribution in [2.75, 3.05) is 26.2 Å². The summed E-state index contributed by atoms with van der Waals surface area (Å²) in [6.07, 6.45) is -2.63. The van der Waals surface area contributed by atoms with E-state index in [0.29, 0.717) is 12.2 Å². The number of benzene rings is 2. The molecule has 0 saturated carbocycles. The highest BCUT2D eigenvalue weighted by atomic mass is 19.4. The van der Waals surface area contributed by atoms with E-state index >= 15 is 0 Å². The normalized spacial score (nSPS) is 13.0. The molecular formula is C23H30F3NO. The largest absolute Gasteiger partial charge is 0.494 e. The molecule has 2 nitrogen and oxygen atoms in total. The van der Waals surface area contributed by atoms with Gasteiger partial charge in [0.2, 0.25) is 0 Å². The summed E-state index contributed by atoms with van der Waals surface area (Å²) in [5.41, 5.74) is 1.08. The summed E-state index contributed by atoms with van der Waals surface area (Å²) < 4.78 is 44.8. The van der Waals surface area contributed by atoms with Crippen LogP contribution in [-0.2, 0) is 6.18 Å². The molecule has 0 radical (unpaired) electrons. The molecule has 0 aliphatic rings. The van der Waals surface area contributed by atoms with Crippen LogP contribution in [0.25, 0.3) is 0 Å². The summed E-state index contributed by atoms with van der Waals surface area (Å²) >= 11 is 0. The second-order valence-corrected chi connectivity index (χ2v) is 6.88. The Bertz CT molecular complexity index is 709. The van der Waals surface area contributed by atoms with E-state index in [2.05, 4.69) is 18.7 Å². The quantitative estimate of drug-likeness (QED) is 0.436. The molecule has 0 fully saturated rings. The van der Waals surface area contributed by atoms with Gasteiger partial charge in [0.05, 0.1) is 12.2 Å². The molecule has 0 N–H and O–H groups in total. The van der Waals surface area contributed by atoms with Crippen molar-refractivity contribution in [2.24, 2.45) is 0 Å². The van der Waals surface area contributed by atoms with Crippen LogP contribution >= 0.6 is 0 Å². The average molecular weight is 393 g/mol. The SMILES string of the molecule is CCC(c1ccc(OCCCN(CC)CC)cc1)c1cccc(C(F)(F)F)c1. The number of hydrogen-bond donors (Lipinski definition) is 0. The molecule has 28 heavy (non-hydrogen) atoms. The third kappa shape index (κ3) is 6.26. The summed E-state index contributed by atoms with van der Waals surface area (Å²) in [6.45, 7) is 10.0. The Morgan fingerprint density at radius 1 is 0.929 bits per heavy atom. The van der Waals surface area contributed by atoms with Crippen molar-refractivity contribution in [3.8, 4) is 5.75 Å². The molecule has 0 spiro atoms. The molecule has 0 aliphatic carbocycles. The first kappa shape index (κ1) is 22.3. The van der Waals surface area contributed by atoms with E-state index in [4.69, 9.17) is 4.74 Å². The van der Waals surface area contributed by atoms with E-state index in [-0.39, 0.29) is 5.92 Å². The number of halogens is 3. The molecule has 1 unspecified atom stereocenters. The van der Waals surface area contributed by atoms with Gasteiger partial charge in [-0.3, -0.25) is 0 Å². The second kappa shape index (κ2) is 10.5. The van der Waals surface area contributed by atoms with Crippen molar-refractivity contribution >= 4 is 0 Å². The minimum absolute atomic E-state index is 0.0704. The van der Waals surface area contributed by atoms with E-state index < -0.39 is 11.7 Å². The lowest BCUT2D eigenvalue weighted by molar-refractivity contribution is -0.137. The zero-order valence-electron chi connectivity index (χ0n) is 16.9. The maximum atomic E-state index is 13.0. The lowest BCUT2D eigenvalue weighted by atomic mass is 9.88. The van der Waals surface area contributed by atoms with E-state index in [1.54, 1.807) is 6.07 Å². The van der Waals surface area contributed by atoms with E-state index in [1.807, 2.05) is 31.2 Å². The van der Waals surface area contributed by atoms with Gasteiger partial charge in [-0.2, -0.15) is 13.2 Å². The molecule has 0 amide bonds. The highest BCUT2D eigenvalue weighted by Gasteiger charge is 2.31. The van der Waals surface area contributed by atoms with E-state index in [9.17, 15) is 13.2 Å². The Hall–Kier alpha value is -2.01. The molecule has 1 atom stereocenters. The molecule has 2 aromatic rings. The third-order valence-corrected chi connectivity index (χ3v) is 5.09. The fraction of sp³-hybridized carbons (Fsp3) is 0.478. The standard InChI is InChI=1S/C23H30F3NO/c1-4-22(19-9-7-10-20(17-19)23(24,25)26)18-11-13-21(14-12-18)28-16-8-15-27(5-2)6-3/h7,9-14,17,22H,4-6,8,15-16H2,1-3H3. The van der Waals surface area contributed by atoms with Crippen LogP contribution in [0.5, 0.6) is 5.75 Å². The van der Waals surface area contributed by atoms with Gasteiger partial charge in [0.25, 0.3) is 0 Å². The first-order chi connectivity index (χ1) is 13.4. The first-order valence-electron chi connectivity index (χ1n) is 10.0. The molecule has 5 heteroatoms. The molecule has 0 saturated heterocycles. The summed E-state index contributed by atoms with van der Waals surface area (Å²) in [6, 6.07) is 13.3. The minimum atomic E-state index is -4.32. The monoisotopic (exact) mass is 393 g/mol. The molecule has 2 rings (SSSR count). The smallest absolute Gasteiger partial charge is 0.416 e. The Morgan fingerprint density at radius 2 is 1.61 bits per heavy atom. The highest BCUT2D eigenvalue weighted by Crippen LogP contribution is 2.34. The van der Waals surface area contributed by atoms with E-state index in [1.165, 1.54) is 12.1 Å². The summed E-state index contributed by atoms with van der Waals surface area (Å²) in [7, 11) is 0. The maximum Gasteiger partial charge on any atom is 0.416 e. The Balaban J connectivity index is 2.01. The van der Waals surface area contributed by atoms with Crippen LogP contribution in [0.15, 0.2) is 48.5 Å². The van der Waals surface area contributed by atoms with Gasteiger partial charge in [0.1, 0.15) is 5.75 Å². The van der Waals surface area contributed by atoms with E-state index in [0.717, 1.165) is 49.9 Å². The summed E-state index contributed by atoms with van der Waals surface area (Å²) in [4.78, 5) is 2.35. The predicted octanol–water partition coefficient (Wildman–Crippen LogP) is 6.36. The van der Waals surface area contributed by atoms with Gasteiger partial charge in [0.15, 0.2) is 0 Å². The average Bonchev–Trinajstić information content (AvgIpc) is 2.69. The first-order valence-corrected chi connectivity index (χ1v) is 10.0. The fourth-order valence-corrected chi connectivity index (χ4v) is 3.41. The van der Waals surface area contributed by atoms with Crippen LogP contribution in [0.4, 0.5) is 13.2 Å². The fourth-order valence-electron chi connectivity index (χ4n) is 3.41. The summed E-state index contributed by atoms with van der Waals surface area (Å²) in [5, 5.41) is 0. The zero-order chi connectivity index (χ0) is 20.6. The number of hydrogen-bond acceptors (Lipinski definition) is 2. The lowest BCUT2D eigenvalue weighted by Gasteiger charge is -2.19. The van der Waals surface area contributed by atoms with Crippen LogP contribution in [0.3, 0.4) is 0 Å². The number of nitrogens with zero attached hydrogens (tertiary/aromatic N) is 1. The molecule has 0 heterocycles. The molecule has 154 valence electrons.